The molecule has 1 aliphatic heterocycles. The molecule has 1 unspecified atom stereocenters. The van der Waals surface area contributed by atoms with Gasteiger partial charge >= 0.3 is 0 Å². The summed E-state index contributed by atoms with van der Waals surface area (Å²) in [4.78, 5) is -0.256. The molecule has 1 aliphatic rings. The van der Waals surface area contributed by atoms with Crippen molar-refractivity contribution in [1.29, 1.82) is 0 Å². The van der Waals surface area contributed by atoms with Crippen molar-refractivity contribution in [2.45, 2.75) is 30.7 Å². The topological polar surface area (TPSA) is 63.4 Å². The molecule has 0 aromatic heterocycles. The highest BCUT2D eigenvalue weighted by molar-refractivity contribution is 7.89. The minimum absolute atomic E-state index is 0.212. The molecule has 0 bridgehead atoms. The first-order valence-electron chi connectivity index (χ1n) is 5.95. The van der Waals surface area contributed by atoms with E-state index >= 15 is 0 Å². The van der Waals surface area contributed by atoms with Gasteiger partial charge in [0.05, 0.1) is 0 Å². The summed E-state index contributed by atoms with van der Waals surface area (Å²) >= 11 is 0. The fraction of sp³-hybridized carbons (Fsp3) is 0.500. The number of sulfonamides is 1. The van der Waals surface area contributed by atoms with Gasteiger partial charge in [-0.2, -0.15) is 4.31 Å². The van der Waals surface area contributed by atoms with Gasteiger partial charge in [0, 0.05) is 19.1 Å². The van der Waals surface area contributed by atoms with Crippen LogP contribution in [0.25, 0.3) is 0 Å². The predicted octanol–water partition coefficient (Wildman–Crippen LogP) is 1.25. The number of benzene rings is 1. The number of nitrogens with zero attached hydrogens (tertiary/aromatic N) is 1. The number of hydrogen-bond acceptors (Lipinski definition) is 3. The van der Waals surface area contributed by atoms with Crippen molar-refractivity contribution in [2.24, 2.45) is 5.73 Å². The van der Waals surface area contributed by atoms with E-state index in [2.05, 4.69) is 0 Å². The van der Waals surface area contributed by atoms with Crippen molar-refractivity contribution in [3.05, 3.63) is 29.6 Å². The Morgan fingerprint density at radius 3 is 2.83 bits per heavy atom. The molecule has 1 atom stereocenters. The molecule has 0 spiro atoms. The van der Waals surface area contributed by atoms with E-state index in [1.807, 2.05) is 0 Å². The predicted molar refractivity (Wildman–Crippen MR) is 67.1 cm³/mol. The Bertz CT molecular complexity index is 545. The average molecular weight is 272 g/mol. The van der Waals surface area contributed by atoms with Gasteiger partial charge in [0.1, 0.15) is 10.7 Å². The molecule has 1 aromatic rings. The Kier molecular flexibility index (Phi) is 3.70. The van der Waals surface area contributed by atoms with Crippen LogP contribution in [0.2, 0.25) is 0 Å². The van der Waals surface area contributed by atoms with Crippen LogP contribution in [-0.4, -0.2) is 31.9 Å². The molecule has 4 nitrogen and oxygen atoms in total. The molecule has 1 fully saturated rings. The zero-order valence-electron chi connectivity index (χ0n) is 10.3. The molecule has 1 heterocycles. The molecular weight excluding hydrogens is 255 g/mol. The standard InChI is InChI=1S/C12H17FN2O2S/c1-9-4-5-12(11(13)7-9)18(16,17)15-6-2-3-10(15)8-14/h4-5,7,10H,2-3,6,8,14H2,1H3. The highest BCUT2D eigenvalue weighted by atomic mass is 32.2. The monoisotopic (exact) mass is 272 g/mol. The summed E-state index contributed by atoms with van der Waals surface area (Å²) in [6.07, 6.45) is 1.51. The third-order valence-corrected chi connectivity index (χ3v) is 5.25. The number of hydrogen-bond donors (Lipinski definition) is 1. The van der Waals surface area contributed by atoms with Crippen LogP contribution in [0.1, 0.15) is 18.4 Å². The summed E-state index contributed by atoms with van der Waals surface area (Å²) in [6.45, 7) is 2.41. The van der Waals surface area contributed by atoms with Gasteiger partial charge in [0.2, 0.25) is 10.0 Å². The average Bonchev–Trinajstić information content (AvgIpc) is 2.76. The second-order valence-electron chi connectivity index (χ2n) is 4.58. The lowest BCUT2D eigenvalue weighted by molar-refractivity contribution is 0.390. The molecule has 0 radical (unpaired) electrons. The maximum atomic E-state index is 13.8. The minimum Gasteiger partial charge on any atom is -0.329 e. The lowest BCUT2D eigenvalue weighted by Crippen LogP contribution is -2.40. The zero-order valence-corrected chi connectivity index (χ0v) is 11.1. The van der Waals surface area contributed by atoms with Crippen LogP contribution >= 0.6 is 0 Å². The van der Waals surface area contributed by atoms with Gasteiger partial charge in [-0.1, -0.05) is 6.07 Å². The van der Waals surface area contributed by atoms with Gasteiger partial charge in [-0.05, 0) is 37.5 Å². The molecule has 6 heteroatoms. The van der Waals surface area contributed by atoms with E-state index in [0.717, 1.165) is 12.8 Å². The lowest BCUT2D eigenvalue weighted by atomic mass is 10.2. The van der Waals surface area contributed by atoms with E-state index in [9.17, 15) is 12.8 Å². The van der Waals surface area contributed by atoms with Gasteiger partial charge in [0.15, 0.2) is 0 Å². The third-order valence-electron chi connectivity index (χ3n) is 3.27. The van der Waals surface area contributed by atoms with Crippen LogP contribution < -0.4 is 5.73 Å². The first kappa shape index (κ1) is 13.5. The van der Waals surface area contributed by atoms with Crippen LogP contribution in [0.15, 0.2) is 23.1 Å². The molecule has 2 N–H and O–H groups in total. The van der Waals surface area contributed by atoms with E-state index < -0.39 is 15.8 Å². The minimum atomic E-state index is -3.77. The van der Waals surface area contributed by atoms with Crippen molar-refractivity contribution < 1.29 is 12.8 Å². The van der Waals surface area contributed by atoms with Crippen molar-refractivity contribution in [3.8, 4) is 0 Å². The molecule has 0 aliphatic carbocycles. The molecular formula is C12H17FN2O2S. The molecule has 100 valence electrons. The van der Waals surface area contributed by atoms with E-state index in [1.165, 1.54) is 16.4 Å². The van der Waals surface area contributed by atoms with Gasteiger partial charge in [-0.3, -0.25) is 0 Å². The van der Waals surface area contributed by atoms with Crippen molar-refractivity contribution in [2.75, 3.05) is 13.1 Å². The number of rotatable bonds is 3. The summed E-state index contributed by atoms with van der Waals surface area (Å²) in [6, 6.07) is 3.95. The Labute approximate surface area is 107 Å². The molecule has 1 saturated heterocycles. The van der Waals surface area contributed by atoms with Crippen molar-refractivity contribution in [3.63, 3.8) is 0 Å². The number of aryl methyl sites for hydroxylation is 1. The van der Waals surface area contributed by atoms with E-state index in [4.69, 9.17) is 5.73 Å². The SMILES string of the molecule is Cc1ccc(S(=O)(=O)N2CCCC2CN)c(F)c1. The van der Waals surface area contributed by atoms with Crippen LogP contribution in [-0.2, 0) is 10.0 Å². The largest absolute Gasteiger partial charge is 0.329 e. The maximum Gasteiger partial charge on any atom is 0.246 e. The Morgan fingerprint density at radius 2 is 2.22 bits per heavy atom. The first-order valence-corrected chi connectivity index (χ1v) is 7.39. The Morgan fingerprint density at radius 1 is 1.50 bits per heavy atom. The molecule has 18 heavy (non-hydrogen) atoms. The summed E-state index contributed by atoms with van der Waals surface area (Å²) < 4.78 is 39.8. The van der Waals surface area contributed by atoms with Crippen LogP contribution in [0.4, 0.5) is 4.39 Å². The first-order chi connectivity index (χ1) is 8.46. The Balaban J connectivity index is 2.42. The highest BCUT2D eigenvalue weighted by Gasteiger charge is 2.35. The number of halogens is 1. The van der Waals surface area contributed by atoms with E-state index in [1.54, 1.807) is 13.0 Å². The normalized spacial score (nSPS) is 21.4. The lowest BCUT2D eigenvalue weighted by Gasteiger charge is -2.23. The summed E-state index contributed by atoms with van der Waals surface area (Å²) in [5.74, 6) is -0.697. The molecule has 2 rings (SSSR count). The van der Waals surface area contributed by atoms with Crippen LogP contribution in [0, 0.1) is 12.7 Å². The second kappa shape index (κ2) is 4.95. The summed E-state index contributed by atoms with van der Waals surface area (Å²) in [5.41, 5.74) is 6.26. The quantitative estimate of drug-likeness (QED) is 0.900. The van der Waals surface area contributed by atoms with E-state index in [0.29, 0.717) is 12.1 Å². The van der Waals surface area contributed by atoms with Crippen LogP contribution in [0.5, 0.6) is 0 Å². The molecule has 1 aromatic carbocycles. The molecule has 0 amide bonds. The highest BCUT2D eigenvalue weighted by Crippen LogP contribution is 2.27. The fourth-order valence-corrected chi connectivity index (χ4v) is 4.05. The number of nitrogens with two attached hydrogens (primary N) is 1. The summed E-state index contributed by atoms with van der Waals surface area (Å²) in [5, 5.41) is 0. The van der Waals surface area contributed by atoms with Gasteiger partial charge in [-0.25, -0.2) is 12.8 Å². The van der Waals surface area contributed by atoms with E-state index in [-0.39, 0.29) is 17.5 Å². The molecule has 0 saturated carbocycles. The third kappa shape index (κ3) is 2.28. The zero-order chi connectivity index (χ0) is 13.3. The van der Waals surface area contributed by atoms with Crippen molar-refractivity contribution in [1.82, 2.24) is 4.31 Å². The van der Waals surface area contributed by atoms with Gasteiger partial charge < -0.3 is 5.73 Å². The maximum absolute atomic E-state index is 13.8. The van der Waals surface area contributed by atoms with Gasteiger partial charge in [0.25, 0.3) is 0 Å². The van der Waals surface area contributed by atoms with Crippen LogP contribution in [0.3, 0.4) is 0 Å². The summed E-state index contributed by atoms with van der Waals surface area (Å²) in [7, 11) is -3.77. The fourth-order valence-electron chi connectivity index (χ4n) is 2.30. The smallest absolute Gasteiger partial charge is 0.246 e. The second-order valence-corrected chi connectivity index (χ2v) is 6.44. The Hall–Kier alpha value is -0.980. The van der Waals surface area contributed by atoms with Gasteiger partial charge in [-0.15, -0.1) is 0 Å². The van der Waals surface area contributed by atoms with Crippen molar-refractivity contribution >= 4 is 10.0 Å².